The van der Waals surface area contributed by atoms with E-state index >= 15 is 0 Å². The number of esters is 1. The minimum Gasteiger partial charge on any atom is -0.618 e. The minimum atomic E-state index is -0.811. The van der Waals surface area contributed by atoms with Crippen molar-refractivity contribution < 1.29 is 19.1 Å². The van der Waals surface area contributed by atoms with Gasteiger partial charge in [-0.2, -0.15) is 4.73 Å². The molecule has 1 heterocycles. The van der Waals surface area contributed by atoms with Gasteiger partial charge in [-0.15, -0.1) is 0 Å². The molecule has 104 valence electrons. The van der Waals surface area contributed by atoms with Crippen LogP contribution in [0.4, 0.5) is 0 Å². The Bertz CT molecular complexity index is 446. The maximum absolute atomic E-state index is 11.5. The second kappa shape index (κ2) is 7.35. The van der Waals surface area contributed by atoms with Crippen molar-refractivity contribution in [1.82, 2.24) is 5.32 Å². The van der Waals surface area contributed by atoms with Crippen molar-refractivity contribution in [3.8, 4) is 0 Å². The fourth-order valence-corrected chi connectivity index (χ4v) is 1.34. The molecule has 0 aliphatic heterocycles. The number of ether oxygens (including phenoxy) is 1. The molecule has 0 aliphatic rings. The molecule has 1 rings (SSSR count). The third-order valence-corrected chi connectivity index (χ3v) is 2.41. The molecular weight excluding hydrogens is 248 g/mol. The molecule has 0 saturated carbocycles. The first-order valence-corrected chi connectivity index (χ1v) is 6.12. The van der Waals surface area contributed by atoms with E-state index in [2.05, 4.69) is 19.2 Å². The first-order chi connectivity index (χ1) is 9.00. The number of carbonyl (C=O) groups is 2. The van der Waals surface area contributed by atoms with E-state index in [1.807, 2.05) is 0 Å². The van der Waals surface area contributed by atoms with Crippen LogP contribution in [0.5, 0.6) is 0 Å². The van der Waals surface area contributed by atoms with Crippen LogP contribution < -0.4 is 10.0 Å². The maximum atomic E-state index is 11.5. The van der Waals surface area contributed by atoms with Crippen LogP contribution in [-0.4, -0.2) is 25.0 Å². The van der Waals surface area contributed by atoms with E-state index in [9.17, 15) is 14.8 Å². The molecule has 19 heavy (non-hydrogen) atoms. The molecule has 1 amide bonds. The van der Waals surface area contributed by atoms with Crippen molar-refractivity contribution in [2.24, 2.45) is 5.92 Å². The highest BCUT2D eigenvalue weighted by atomic mass is 16.5. The van der Waals surface area contributed by atoms with Crippen LogP contribution in [-0.2, 0) is 9.53 Å². The zero-order chi connectivity index (χ0) is 14.3. The van der Waals surface area contributed by atoms with Crippen LogP contribution in [0.1, 0.15) is 30.8 Å². The van der Waals surface area contributed by atoms with Crippen LogP contribution in [0.25, 0.3) is 0 Å². The first kappa shape index (κ1) is 14.9. The van der Waals surface area contributed by atoms with Gasteiger partial charge in [-0.1, -0.05) is 13.8 Å². The van der Waals surface area contributed by atoms with Crippen molar-refractivity contribution in [2.75, 3.05) is 13.2 Å². The van der Waals surface area contributed by atoms with Crippen molar-refractivity contribution in [3.63, 3.8) is 0 Å². The SMILES string of the molecule is CC(C)CCNC(=O)COC(=O)c1cccc[n+]1[O-]. The predicted molar refractivity (Wildman–Crippen MR) is 68.1 cm³/mol. The summed E-state index contributed by atoms with van der Waals surface area (Å²) in [5.41, 5.74) is -0.141. The Morgan fingerprint density at radius 2 is 2.16 bits per heavy atom. The van der Waals surface area contributed by atoms with Gasteiger partial charge in [0.2, 0.25) is 0 Å². The number of aromatic nitrogens is 1. The highest BCUT2D eigenvalue weighted by Crippen LogP contribution is 1.97. The third-order valence-electron chi connectivity index (χ3n) is 2.41. The summed E-state index contributed by atoms with van der Waals surface area (Å²) in [5, 5.41) is 13.9. The molecule has 0 radical (unpaired) electrons. The molecule has 0 unspecified atom stereocenters. The Kier molecular flexibility index (Phi) is 5.78. The largest absolute Gasteiger partial charge is 0.618 e. The lowest BCUT2D eigenvalue weighted by Crippen LogP contribution is -2.36. The van der Waals surface area contributed by atoms with Gasteiger partial charge in [0.25, 0.3) is 5.91 Å². The lowest BCUT2D eigenvalue weighted by Gasteiger charge is -2.07. The number of pyridine rings is 1. The molecular formula is C13H18N2O4. The summed E-state index contributed by atoms with van der Waals surface area (Å²) >= 11 is 0. The van der Waals surface area contributed by atoms with E-state index in [1.54, 1.807) is 6.07 Å². The van der Waals surface area contributed by atoms with E-state index in [-0.39, 0.29) is 18.2 Å². The zero-order valence-corrected chi connectivity index (χ0v) is 11.1. The summed E-state index contributed by atoms with van der Waals surface area (Å²) in [6.07, 6.45) is 2.05. The Morgan fingerprint density at radius 3 is 2.79 bits per heavy atom. The number of nitrogens with one attached hydrogen (secondary N) is 1. The lowest BCUT2D eigenvalue weighted by molar-refractivity contribution is -0.608. The van der Waals surface area contributed by atoms with Crippen LogP contribution in [0.2, 0.25) is 0 Å². The number of hydrogen-bond acceptors (Lipinski definition) is 4. The molecule has 6 heteroatoms. The Hall–Kier alpha value is -2.11. The molecule has 0 bridgehead atoms. The van der Waals surface area contributed by atoms with E-state index in [4.69, 9.17) is 4.74 Å². The van der Waals surface area contributed by atoms with Gasteiger partial charge in [0.05, 0.1) is 0 Å². The van der Waals surface area contributed by atoms with Crippen LogP contribution in [0, 0.1) is 11.1 Å². The number of carbonyl (C=O) groups excluding carboxylic acids is 2. The lowest BCUT2D eigenvalue weighted by atomic mass is 10.1. The fraction of sp³-hybridized carbons (Fsp3) is 0.462. The van der Waals surface area contributed by atoms with Crippen molar-refractivity contribution in [2.45, 2.75) is 20.3 Å². The standard InChI is InChI=1S/C13H18N2O4/c1-10(2)6-7-14-12(16)9-19-13(17)11-5-3-4-8-15(11)18/h3-5,8,10H,6-7,9H2,1-2H3,(H,14,16). The number of nitrogens with zero attached hydrogens (tertiary/aromatic N) is 1. The van der Waals surface area contributed by atoms with Crippen molar-refractivity contribution >= 4 is 11.9 Å². The summed E-state index contributed by atoms with van der Waals surface area (Å²) in [5.74, 6) is -0.691. The smallest absolute Gasteiger partial charge is 0.405 e. The number of hydrogen-bond donors (Lipinski definition) is 1. The van der Waals surface area contributed by atoms with Gasteiger partial charge in [0, 0.05) is 18.7 Å². The average molecular weight is 266 g/mol. The van der Waals surface area contributed by atoms with Gasteiger partial charge in [-0.05, 0) is 18.4 Å². The Labute approximate surface area is 112 Å². The van der Waals surface area contributed by atoms with Crippen LogP contribution >= 0.6 is 0 Å². The van der Waals surface area contributed by atoms with E-state index in [1.165, 1.54) is 18.3 Å². The first-order valence-electron chi connectivity index (χ1n) is 6.12. The number of amides is 1. The van der Waals surface area contributed by atoms with Gasteiger partial charge in [0.1, 0.15) is 0 Å². The molecule has 0 fully saturated rings. The zero-order valence-electron chi connectivity index (χ0n) is 11.1. The molecule has 0 atom stereocenters. The minimum absolute atomic E-state index is 0.141. The van der Waals surface area contributed by atoms with Crippen molar-refractivity contribution in [3.05, 3.63) is 35.3 Å². The molecule has 0 saturated heterocycles. The molecule has 1 N–H and O–H groups in total. The summed E-state index contributed by atoms with van der Waals surface area (Å²) in [6, 6.07) is 4.39. The van der Waals surface area contributed by atoms with Gasteiger partial charge < -0.3 is 15.3 Å². The summed E-state index contributed by atoms with van der Waals surface area (Å²) in [6.45, 7) is 4.26. The number of rotatable bonds is 6. The van der Waals surface area contributed by atoms with E-state index < -0.39 is 5.97 Å². The normalized spacial score (nSPS) is 10.3. The van der Waals surface area contributed by atoms with Gasteiger partial charge in [0.15, 0.2) is 12.8 Å². The van der Waals surface area contributed by atoms with E-state index in [0.717, 1.165) is 6.42 Å². The Balaban J connectivity index is 2.34. The second-order valence-electron chi connectivity index (χ2n) is 4.52. The van der Waals surface area contributed by atoms with Crippen LogP contribution in [0.15, 0.2) is 24.4 Å². The summed E-state index contributed by atoms with van der Waals surface area (Å²) < 4.78 is 5.16. The molecule has 0 aromatic carbocycles. The summed E-state index contributed by atoms with van der Waals surface area (Å²) in [4.78, 5) is 22.9. The second-order valence-corrected chi connectivity index (χ2v) is 4.52. The molecule has 6 nitrogen and oxygen atoms in total. The van der Waals surface area contributed by atoms with Gasteiger partial charge >= 0.3 is 11.7 Å². The molecule has 0 aliphatic carbocycles. The third kappa shape index (κ3) is 5.37. The fourth-order valence-electron chi connectivity index (χ4n) is 1.34. The predicted octanol–water partition coefficient (Wildman–Crippen LogP) is 0.639. The summed E-state index contributed by atoms with van der Waals surface area (Å²) in [7, 11) is 0. The van der Waals surface area contributed by atoms with Crippen molar-refractivity contribution in [1.29, 1.82) is 0 Å². The maximum Gasteiger partial charge on any atom is 0.405 e. The molecule has 1 aromatic heterocycles. The topological polar surface area (TPSA) is 82.3 Å². The average Bonchev–Trinajstić information content (AvgIpc) is 2.36. The highest BCUT2D eigenvalue weighted by Gasteiger charge is 2.17. The molecule has 1 aromatic rings. The van der Waals surface area contributed by atoms with Gasteiger partial charge in [-0.3, -0.25) is 4.79 Å². The Morgan fingerprint density at radius 1 is 1.42 bits per heavy atom. The van der Waals surface area contributed by atoms with Gasteiger partial charge in [-0.25, -0.2) is 4.79 Å². The monoisotopic (exact) mass is 266 g/mol. The quantitative estimate of drug-likeness (QED) is 0.465. The highest BCUT2D eigenvalue weighted by molar-refractivity contribution is 5.88. The molecule has 0 spiro atoms. The van der Waals surface area contributed by atoms with Crippen LogP contribution in [0.3, 0.4) is 0 Å². The van der Waals surface area contributed by atoms with E-state index in [0.29, 0.717) is 17.2 Å².